The smallest absolute Gasteiger partial charge is 0.377 e. The molecule has 0 aliphatic heterocycles. The molecule has 2 rings (SSSR count). The van der Waals surface area contributed by atoms with Crippen LogP contribution in [0.5, 0.6) is 23.0 Å². The van der Waals surface area contributed by atoms with Gasteiger partial charge in [-0.3, -0.25) is 9.78 Å². The number of methoxy groups -OCH3 is 4. The fourth-order valence-electron chi connectivity index (χ4n) is 3.46. The van der Waals surface area contributed by atoms with Crippen molar-refractivity contribution in [2.45, 2.75) is 51.4 Å². The predicted octanol–water partition coefficient (Wildman–Crippen LogP) is 6.04. The third-order valence-electron chi connectivity index (χ3n) is 5.55. The first-order chi connectivity index (χ1) is 18.5. The minimum atomic E-state index is -0.851. The molecule has 0 fully saturated rings. The Morgan fingerprint density at radius 2 is 1.05 bits per heavy atom. The highest BCUT2D eigenvalue weighted by Crippen LogP contribution is 2.28. The summed E-state index contributed by atoms with van der Waals surface area (Å²) < 4.78 is 20.7. The lowest BCUT2D eigenvalue weighted by atomic mass is 10.1. The van der Waals surface area contributed by atoms with Crippen molar-refractivity contribution in [2.75, 3.05) is 28.4 Å². The molecule has 0 unspecified atom stereocenters. The number of rotatable bonds is 18. The van der Waals surface area contributed by atoms with Crippen LogP contribution < -0.4 is 18.9 Å². The summed E-state index contributed by atoms with van der Waals surface area (Å²) in [4.78, 5) is 45.7. The van der Waals surface area contributed by atoms with Crippen molar-refractivity contribution in [2.24, 2.45) is 0 Å². The summed E-state index contributed by atoms with van der Waals surface area (Å²) in [5, 5.41) is 0. The van der Waals surface area contributed by atoms with E-state index < -0.39 is 11.9 Å². The van der Waals surface area contributed by atoms with Crippen LogP contribution in [0.25, 0.3) is 0 Å². The molecular formula is C28H36O10. The van der Waals surface area contributed by atoms with E-state index in [1.807, 2.05) is 0 Å². The summed E-state index contributed by atoms with van der Waals surface area (Å²) in [5.74, 6) is -0.315. The molecule has 2 aromatic carbocycles. The van der Waals surface area contributed by atoms with Crippen molar-refractivity contribution in [1.82, 2.24) is 0 Å². The van der Waals surface area contributed by atoms with Crippen molar-refractivity contribution in [3.05, 3.63) is 60.7 Å². The molecule has 0 amide bonds. The molecule has 0 saturated carbocycles. The molecule has 10 heteroatoms. The SMILES string of the molecule is [CH2]CCCCCCCC[C](OOC(=O)c1cc(OC)ccc1OC)OOC(=O)c1cc(OC)ccc1OC. The van der Waals surface area contributed by atoms with Gasteiger partial charge in [0.15, 0.2) is 0 Å². The van der Waals surface area contributed by atoms with Gasteiger partial charge in [0.2, 0.25) is 0 Å². The van der Waals surface area contributed by atoms with Gasteiger partial charge in [0, 0.05) is 6.42 Å². The molecule has 2 aromatic rings. The zero-order valence-electron chi connectivity index (χ0n) is 22.4. The largest absolute Gasteiger partial charge is 0.497 e. The Hall–Kier alpha value is -3.50. The van der Waals surface area contributed by atoms with Gasteiger partial charge in [-0.2, -0.15) is 0 Å². The maximum atomic E-state index is 12.7. The van der Waals surface area contributed by atoms with Crippen molar-refractivity contribution in [3.8, 4) is 23.0 Å². The Labute approximate surface area is 223 Å². The Bertz CT molecular complexity index is 936. The van der Waals surface area contributed by atoms with Gasteiger partial charge in [0.25, 0.3) is 0 Å². The Morgan fingerprint density at radius 1 is 0.605 bits per heavy atom. The maximum Gasteiger partial charge on any atom is 0.377 e. The van der Waals surface area contributed by atoms with Crippen LogP contribution in [-0.4, -0.2) is 40.4 Å². The molecule has 2 radical (unpaired) electrons. The van der Waals surface area contributed by atoms with Crippen LogP contribution in [0.4, 0.5) is 0 Å². The lowest BCUT2D eigenvalue weighted by Crippen LogP contribution is -2.17. The van der Waals surface area contributed by atoms with Crippen molar-refractivity contribution >= 4 is 11.9 Å². The van der Waals surface area contributed by atoms with Crippen molar-refractivity contribution in [3.63, 3.8) is 0 Å². The minimum absolute atomic E-state index is 0.0784. The highest BCUT2D eigenvalue weighted by molar-refractivity contribution is 5.93. The zero-order chi connectivity index (χ0) is 27.8. The van der Waals surface area contributed by atoms with Gasteiger partial charge >= 0.3 is 18.2 Å². The highest BCUT2D eigenvalue weighted by atomic mass is 17.3. The molecule has 0 aliphatic carbocycles. The van der Waals surface area contributed by atoms with Crippen LogP contribution in [0.3, 0.4) is 0 Å². The molecule has 0 atom stereocenters. The first-order valence-corrected chi connectivity index (χ1v) is 12.3. The zero-order valence-corrected chi connectivity index (χ0v) is 22.4. The normalized spacial score (nSPS) is 10.7. The van der Waals surface area contributed by atoms with E-state index in [2.05, 4.69) is 6.92 Å². The fourth-order valence-corrected chi connectivity index (χ4v) is 3.46. The third kappa shape index (κ3) is 9.75. The number of benzene rings is 2. The molecule has 0 aromatic heterocycles. The van der Waals surface area contributed by atoms with Crippen molar-refractivity contribution < 1.29 is 48.1 Å². The molecule has 38 heavy (non-hydrogen) atoms. The van der Waals surface area contributed by atoms with Gasteiger partial charge in [-0.25, -0.2) is 9.59 Å². The molecule has 0 bridgehead atoms. The number of ether oxygens (including phenoxy) is 4. The molecule has 0 N–H and O–H groups in total. The van der Waals surface area contributed by atoms with Crippen LogP contribution in [-0.2, 0) is 19.6 Å². The van der Waals surface area contributed by atoms with Crippen LogP contribution in [0.2, 0.25) is 0 Å². The molecule has 0 spiro atoms. The number of carbonyl (C=O) groups excluding carboxylic acids is 2. The predicted molar refractivity (Wildman–Crippen MR) is 138 cm³/mol. The van der Waals surface area contributed by atoms with E-state index >= 15 is 0 Å². The minimum Gasteiger partial charge on any atom is -0.497 e. The standard InChI is InChI=1S/C28H36O10/c1-6-7-8-9-10-11-12-13-26(35-37-27(29)22-18-20(31-2)14-16-24(22)33-4)36-38-28(30)23-19-21(32-3)15-17-25(23)34-5/h14-19H,1,6-13H2,2-5H3. The number of hydrogen-bond acceptors (Lipinski definition) is 10. The van der Waals surface area contributed by atoms with Gasteiger partial charge in [-0.15, -0.1) is 9.78 Å². The molecular weight excluding hydrogens is 496 g/mol. The van der Waals surface area contributed by atoms with E-state index in [9.17, 15) is 9.59 Å². The lowest BCUT2D eigenvalue weighted by Gasteiger charge is -2.15. The average Bonchev–Trinajstić information content (AvgIpc) is 2.96. The van der Waals surface area contributed by atoms with Gasteiger partial charge in [-0.1, -0.05) is 45.4 Å². The van der Waals surface area contributed by atoms with E-state index in [0.717, 1.165) is 38.5 Å². The topological polar surface area (TPSA) is 108 Å². The second kappa shape index (κ2) is 17.1. The number of hydrogen-bond donors (Lipinski definition) is 0. The number of unbranched alkanes of at least 4 members (excludes halogenated alkanes) is 6. The van der Waals surface area contributed by atoms with E-state index in [4.69, 9.17) is 38.5 Å². The van der Waals surface area contributed by atoms with Gasteiger partial charge in [-0.05, 0) is 42.8 Å². The van der Waals surface area contributed by atoms with E-state index in [1.165, 1.54) is 40.6 Å². The lowest BCUT2D eigenvalue weighted by molar-refractivity contribution is -0.364. The fraction of sp³-hybridized carbons (Fsp3) is 0.429. The van der Waals surface area contributed by atoms with Crippen LogP contribution >= 0.6 is 0 Å². The summed E-state index contributed by atoms with van der Waals surface area (Å²) in [6.45, 7) is 3.85. The van der Waals surface area contributed by atoms with Gasteiger partial charge < -0.3 is 18.9 Å². The Balaban J connectivity index is 2.04. The molecule has 10 nitrogen and oxygen atoms in total. The first kappa shape index (κ1) is 30.7. The summed E-state index contributed by atoms with van der Waals surface area (Å²) in [7, 11) is 5.78. The summed E-state index contributed by atoms with van der Waals surface area (Å²) in [5.41, 5.74) is 0.157. The van der Waals surface area contributed by atoms with Gasteiger partial charge in [0.05, 0.1) is 28.4 Å². The average molecular weight is 533 g/mol. The monoisotopic (exact) mass is 532 g/mol. The third-order valence-corrected chi connectivity index (χ3v) is 5.55. The quantitative estimate of drug-likeness (QED) is 0.128. The molecule has 0 saturated heterocycles. The second-order valence-electron chi connectivity index (χ2n) is 8.14. The van der Waals surface area contributed by atoms with E-state index in [-0.39, 0.29) is 35.3 Å². The van der Waals surface area contributed by atoms with E-state index in [1.54, 1.807) is 24.3 Å². The van der Waals surface area contributed by atoms with Crippen molar-refractivity contribution in [1.29, 1.82) is 0 Å². The van der Waals surface area contributed by atoms with Crippen LogP contribution in [0, 0.1) is 13.2 Å². The van der Waals surface area contributed by atoms with E-state index in [0.29, 0.717) is 17.9 Å². The first-order valence-electron chi connectivity index (χ1n) is 12.3. The molecule has 0 heterocycles. The molecule has 0 aliphatic rings. The van der Waals surface area contributed by atoms with Gasteiger partial charge in [0.1, 0.15) is 34.1 Å². The maximum absolute atomic E-state index is 12.7. The highest BCUT2D eigenvalue weighted by Gasteiger charge is 2.24. The summed E-state index contributed by atoms with van der Waals surface area (Å²) in [6.07, 6.45) is 6.78. The summed E-state index contributed by atoms with van der Waals surface area (Å²) >= 11 is 0. The Morgan fingerprint density at radius 3 is 1.47 bits per heavy atom. The molecule has 208 valence electrons. The van der Waals surface area contributed by atoms with Crippen LogP contribution in [0.1, 0.15) is 72.1 Å². The Kier molecular flexibility index (Phi) is 13.8. The van der Waals surface area contributed by atoms with Crippen LogP contribution in [0.15, 0.2) is 36.4 Å². The second-order valence-corrected chi connectivity index (χ2v) is 8.14. The number of carbonyl (C=O) groups is 2. The summed E-state index contributed by atoms with van der Waals surface area (Å²) in [6, 6.07) is 9.31.